The smallest absolute Gasteiger partial charge is 0.317 e. The van der Waals surface area contributed by atoms with Gasteiger partial charge in [-0.3, -0.25) is 4.90 Å². The molecule has 1 aliphatic rings. The highest BCUT2D eigenvalue weighted by molar-refractivity contribution is 7.10. The third kappa shape index (κ3) is 4.59. The van der Waals surface area contributed by atoms with Crippen molar-refractivity contribution in [3.63, 3.8) is 0 Å². The van der Waals surface area contributed by atoms with Crippen LogP contribution in [-0.4, -0.2) is 42.0 Å². The Morgan fingerprint density at radius 2 is 1.96 bits per heavy atom. The summed E-state index contributed by atoms with van der Waals surface area (Å²) in [4.78, 5) is 17.6. The molecule has 0 radical (unpaired) electrons. The predicted octanol–water partition coefficient (Wildman–Crippen LogP) is 4.00. The van der Waals surface area contributed by atoms with Crippen LogP contribution in [0.15, 0.2) is 35.7 Å². The first kappa shape index (κ1) is 18.8. The van der Waals surface area contributed by atoms with Crippen LogP contribution in [0, 0.1) is 11.6 Å². The standard InChI is InChI=1S/C19H23F2N3OS/c1-2-17(18-4-3-11-26-18)22-19(25)24-9-7-23(8-10-24)13-14-5-6-15(20)16(21)12-14/h3-6,11-12,17H,2,7-10,13H2,1H3,(H,22,25)/t17-/m0/s1. The van der Waals surface area contributed by atoms with E-state index in [0.29, 0.717) is 32.7 Å². The molecule has 0 saturated carbocycles. The molecule has 1 saturated heterocycles. The van der Waals surface area contributed by atoms with Crippen molar-refractivity contribution in [2.45, 2.75) is 25.9 Å². The van der Waals surface area contributed by atoms with E-state index in [-0.39, 0.29) is 12.1 Å². The Morgan fingerprint density at radius 3 is 2.58 bits per heavy atom. The molecule has 0 unspecified atom stereocenters. The van der Waals surface area contributed by atoms with Crippen molar-refractivity contribution >= 4 is 17.4 Å². The third-order valence-corrected chi connectivity index (χ3v) is 5.63. The summed E-state index contributed by atoms with van der Waals surface area (Å²) >= 11 is 1.65. The number of amides is 2. The molecule has 1 fully saturated rings. The first-order valence-electron chi connectivity index (χ1n) is 8.82. The topological polar surface area (TPSA) is 35.6 Å². The molecule has 1 aromatic heterocycles. The van der Waals surface area contributed by atoms with Crippen LogP contribution in [0.2, 0.25) is 0 Å². The number of urea groups is 1. The highest BCUT2D eigenvalue weighted by Gasteiger charge is 2.23. The lowest BCUT2D eigenvalue weighted by atomic mass is 10.2. The Balaban J connectivity index is 1.49. The van der Waals surface area contributed by atoms with Gasteiger partial charge < -0.3 is 10.2 Å². The summed E-state index contributed by atoms with van der Waals surface area (Å²) in [7, 11) is 0. The molecule has 2 heterocycles. The molecule has 26 heavy (non-hydrogen) atoms. The Morgan fingerprint density at radius 1 is 1.19 bits per heavy atom. The average molecular weight is 379 g/mol. The fourth-order valence-corrected chi connectivity index (χ4v) is 3.97. The monoisotopic (exact) mass is 379 g/mol. The summed E-state index contributed by atoms with van der Waals surface area (Å²) in [5.41, 5.74) is 0.741. The van der Waals surface area contributed by atoms with E-state index in [1.807, 2.05) is 22.4 Å². The van der Waals surface area contributed by atoms with Crippen molar-refractivity contribution in [1.82, 2.24) is 15.1 Å². The van der Waals surface area contributed by atoms with Crippen molar-refractivity contribution in [3.05, 3.63) is 57.8 Å². The number of carbonyl (C=O) groups excluding carboxylic acids is 1. The van der Waals surface area contributed by atoms with Crippen molar-refractivity contribution in [3.8, 4) is 0 Å². The van der Waals surface area contributed by atoms with Crippen LogP contribution in [0.25, 0.3) is 0 Å². The van der Waals surface area contributed by atoms with Gasteiger partial charge in [0.25, 0.3) is 0 Å². The minimum absolute atomic E-state index is 0.0438. The van der Waals surface area contributed by atoms with Crippen LogP contribution in [0.4, 0.5) is 13.6 Å². The Hall–Kier alpha value is -1.99. The number of benzene rings is 1. The largest absolute Gasteiger partial charge is 0.330 e. The molecule has 0 bridgehead atoms. The molecular formula is C19H23F2N3OS. The van der Waals surface area contributed by atoms with Gasteiger partial charge in [-0.15, -0.1) is 11.3 Å². The molecule has 7 heteroatoms. The van der Waals surface area contributed by atoms with E-state index in [1.165, 1.54) is 6.07 Å². The lowest BCUT2D eigenvalue weighted by molar-refractivity contribution is 0.133. The van der Waals surface area contributed by atoms with Gasteiger partial charge in [0, 0.05) is 37.6 Å². The number of thiophene rings is 1. The van der Waals surface area contributed by atoms with Crippen molar-refractivity contribution in [1.29, 1.82) is 0 Å². The number of carbonyl (C=O) groups is 1. The van der Waals surface area contributed by atoms with Crippen LogP contribution in [0.3, 0.4) is 0 Å². The Labute approximate surface area is 156 Å². The summed E-state index contributed by atoms with van der Waals surface area (Å²) in [6.07, 6.45) is 0.850. The molecule has 1 atom stereocenters. The minimum Gasteiger partial charge on any atom is -0.330 e. The lowest BCUT2D eigenvalue weighted by Gasteiger charge is -2.35. The highest BCUT2D eigenvalue weighted by Crippen LogP contribution is 2.22. The second-order valence-corrected chi connectivity index (χ2v) is 7.42. The number of hydrogen-bond acceptors (Lipinski definition) is 3. The van der Waals surface area contributed by atoms with Gasteiger partial charge in [0.15, 0.2) is 11.6 Å². The first-order valence-corrected chi connectivity index (χ1v) is 9.70. The number of nitrogens with zero attached hydrogens (tertiary/aromatic N) is 2. The summed E-state index contributed by atoms with van der Waals surface area (Å²) in [5, 5.41) is 5.12. The van der Waals surface area contributed by atoms with Crippen molar-refractivity contribution in [2.24, 2.45) is 0 Å². The van der Waals surface area contributed by atoms with Gasteiger partial charge in [-0.25, -0.2) is 13.6 Å². The van der Waals surface area contributed by atoms with E-state index in [2.05, 4.69) is 17.1 Å². The fourth-order valence-electron chi connectivity index (χ4n) is 3.11. The molecule has 4 nitrogen and oxygen atoms in total. The Kier molecular flexibility index (Phi) is 6.21. The maximum atomic E-state index is 13.3. The maximum Gasteiger partial charge on any atom is 0.317 e. The zero-order valence-corrected chi connectivity index (χ0v) is 15.6. The van der Waals surface area contributed by atoms with Gasteiger partial charge in [-0.1, -0.05) is 19.1 Å². The first-order chi connectivity index (χ1) is 12.6. The summed E-state index contributed by atoms with van der Waals surface area (Å²) in [6, 6.07) is 8.03. The van der Waals surface area contributed by atoms with Crippen molar-refractivity contribution in [2.75, 3.05) is 26.2 Å². The molecule has 2 amide bonds. The molecule has 140 valence electrons. The van der Waals surface area contributed by atoms with Gasteiger partial charge in [-0.05, 0) is 35.6 Å². The summed E-state index contributed by atoms with van der Waals surface area (Å²) < 4.78 is 26.3. The lowest BCUT2D eigenvalue weighted by Crippen LogP contribution is -2.51. The second kappa shape index (κ2) is 8.60. The zero-order valence-electron chi connectivity index (χ0n) is 14.8. The summed E-state index contributed by atoms with van der Waals surface area (Å²) in [6.45, 7) is 5.28. The normalized spacial score (nSPS) is 16.5. The van der Waals surface area contributed by atoms with Gasteiger partial charge in [-0.2, -0.15) is 0 Å². The van der Waals surface area contributed by atoms with Gasteiger partial charge in [0.1, 0.15) is 0 Å². The quantitative estimate of drug-likeness (QED) is 0.852. The highest BCUT2D eigenvalue weighted by atomic mass is 32.1. The molecule has 2 aromatic rings. The number of hydrogen-bond donors (Lipinski definition) is 1. The van der Waals surface area contributed by atoms with E-state index in [0.717, 1.165) is 22.9 Å². The van der Waals surface area contributed by atoms with E-state index in [4.69, 9.17) is 0 Å². The van der Waals surface area contributed by atoms with E-state index < -0.39 is 11.6 Å². The minimum atomic E-state index is -0.827. The van der Waals surface area contributed by atoms with Crippen LogP contribution in [0.1, 0.15) is 29.8 Å². The van der Waals surface area contributed by atoms with E-state index in [9.17, 15) is 13.6 Å². The van der Waals surface area contributed by atoms with Crippen molar-refractivity contribution < 1.29 is 13.6 Å². The third-order valence-electron chi connectivity index (χ3n) is 4.64. The molecule has 1 N–H and O–H groups in total. The molecular weight excluding hydrogens is 356 g/mol. The molecule has 1 aromatic carbocycles. The number of rotatable bonds is 5. The number of nitrogens with one attached hydrogen (secondary N) is 1. The predicted molar refractivity (Wildman–Crippen MR) is 99.1 cm³/mol. The van der Waals surface area contributed by atoms with E-state index in [1.54, 1.807) is 17.4 Å². The average Bonchev–Trinajstić information content (AvgIpc) is 3.18. The SMILES string of the molecule is CC[C@H](NC(=O)N1CCN(Cc2ccc(F)c(F)c2)CC1)c1cccs1. The Bertz CT molecular complexity index is 730. The fraction of sp³-hybridized carbons (Fsp3) is 0.421. The van der Waals surface area contributed by atoms with Gasteiger partial charge in [0.2, 0.25) is 0 Å². The van der Waals surface area contributed by atoms with Crippen LogP contribution < -0.4 is 5.32 Å². The van der Waals surface area contributed by atoms with Gasteiger partial charge in [0.05, 0.1) is 6.04 Å². The van der Waals surface area contributed by atoms with Crippen LogP contribution in [-0.2, 0) is 6.54 Å². The molecule has 0 spiro atoms. The second-order valence-electron chi connectivity index (χ2n) is 6.44. The zero-order chi connectivity index (χ0) is 18.5. The number of piperazine rings is 1. The molecule has 3 rings (SSSR count). The van der Waals surface area contributed by atoms with E-state index >= 15 is 0 Å². The maximum absolute atomic E-state index is 13.3. The molecule has 0 aliphatic carbocycles. The van der Waals surface area contributed by atoms with Crippen LogP contribution in [0.5, 0.6) is 0 Å². The summed E-state index contributed by atoms with van der Waals surface area (Å²) in [5.74, 6) is -1.65. The van der Waals surface area contributed by atoms with Gasteiger partial charge >= 0.3 is 6.03 Å². The van der Waals surface area contributed by atoms with Crippen LogP contribution >= 0.6 is 11.3 Å². The number of halogens is 2. The molecule has 1 aliphatic heterocycles.